The highest BCUT2D eigenvalue weighted by atomic mass is 35.5. The number of rotatable bonds is 6. The fraction of sp³-hybridized carbons (Fsp3) is 0.192. The lowest BCUT2D eigenvalue weighted by Crippen LogP contribution is -2.33. The van der Waals surface area contributed by atoms with Gasteiger partial charge in [-0.3, -0.25) is 9.79 Å². The Morgan fingerprint density at radius 3 is 2.94 bits per heavy atom. The Morgan fingerprint density at radius 2 is 2.15 bits per heavy atom. The largest absolute Gasteiger partial charge is 0.487 e. The van der Waals surface area contributed by atoms with Crippen LogP contribution >= 0.6 is 11.6 Å². The van der Waals surface area contributed by atoms with Gasteiger partial charge in [0, 0.05) is 17.7 Å². The van der Waals surface area contributed by atoms with Gasteiger partial charge in [-0.2, -0.15) is 0 Å². The van der Waals surface area contributed by atoms with E-state index in [1.807, 2.05) is 30.4 Å². The van der Waals surface area contributed by atoms with Crippen LogP contribution in [0.25, 0.3) is 5.57 Å². The van der Waals surface area contributed by atoms with Gasteiger partial charge in [-0.25, -0.2) is 9.38 Å². The van der Waals surface area contributed by atoms with Gasteiger partial charge in [0.25, 0.3) is 0 Å². The standard InChI is InChI=1S/C26H21ClFN3O3/c27-22-12-19(5-8-25(22)33-14-16-2-1-3-18(28)10-16)31-26-21-11-17(4-7-23(21)29-15-30-26)24-9-6-20(13-32)34-24/h1-2,4-13,15,18,21,23H,3,14H2,(H,29,30,31). The first-order valence-corrected chi connectivity index (χ1v) is 11.2. The van der Waals surface area contributed by atoms with E-state index >= 15 is 0 Å². The molecule has 0 saturated heterocycles. The quantitative estimate of drug-likeness (QED) is 0.530. The van der Waals surface area contributed by atoms with E-state index in [1.165, 1.54) is 6.34 Å². The number of carbonyl (C=O) groups excluding carboxylic acids is 1. The van der Waals surface area contributed by atoms with E-state index in [1.54, 1.807) is 36.4 Å². The van der Waals surface area contributed by atoms with Crippen LogP contribution in [-0.4, -0.2) is 37.3 Å². The van der Waals surface area contributed by atoms with Crippen molar-refractivity contribution in [3.05, 3.63) is 88.9 Å². The fourth-order valence-electron chi connectivity index (χ4n) is 3.97. The van der Waals surface area contributed by atoms with Crippen molar-refractivity contribution in [3.8, 4) is 5.75 Å². The second-order valence-corrected chi connectivity index (χ2v) is 8.46. The van der Waals surface area contributed by atoms with Crippen LogP contribution in [0.2, 0.25) is 5.02 Å². The number of aliphatic imine (C=N–C) groups is 2. The number of hydrogen-bond donors (Lipinski definition) is 1. The number of halogens is 2. The molecule has 0 saturated carbocycles. The number of furan rings is 1. The molecule has 0 fully saturated rings. The Labute approximate surface area is 200 Å². The maximum absolute atomic E-state index is 13.5. The maximum Gasteiger partial charge on any atom is 0.185 e. The van der Waals surface area contributed by atoms with Crippen LogP contribution in [0.5, 0.6) is 5.75 Å². The molecule has 3 unspecified atom stereocenters. The van der Waals surface area contributed by atoms with Gasteiger partial charge in [0.05, 0.1) is 17.0 Å². The van der Waals surface area contributed by atoms with Crippen molar-refractivity contribution in [2.75, 3.05) is 11.9 Å². The third-order valence-electron chi connectivity index (χ3n) is 5.67. The first kappa shape index (κ1) is 22.1. The van der Waals surface area contributed by atoms with Gasteiger partial charge in [-0.15, -0.1) is 0 Å². The topological polar surface area (TPSA) is 76.2 Å². The number of carbonyl (C=O) groups is 1. The molecule has 0 radical (unpaired) electrons. The van der Waals surface area contributed by atoms with E-state index in [9.17, 15) is 9.18 Å². The van der Waals surface area contributed by atoms with Gasteiger partial charge in [-0.05, 0) is 42.0 Å². The number of nitrogens with one attached hydrogen (secondary N) is 1. The molecular weight excluding hydrogens is 457 g/mol. The fourth-order valence-corrected chi connectivity index (χ4v) is 4.20. The molecule has 2 heterocycles. The minimum atomic E-state index is -0.974. The predicted molar refractivity (Wildman–Crippen MR) is 132 cm³/mol. The second kappa shape index (κ2) is 9.65. The van der Waals surface area contributed by atoms with Crippen molar-refractivity contribution < 1.29 is 18.3 Å². The van der Waals surface area contributed by atoms with Gasteiger partial charge in [0.15, 0.2) is 12.0 Å². The number of amidine groups is 1. The SMILES string of the molecule is O=Cc1ccc(C2=CC3C(Nc4ccc(OCC5=CC(F)CC=C5)c(Cl)c4)=NC=NC3C=C2)o1. The van der Waals surface area contributed by atoms with Crippen LogP contribution in [0, 0.1) is 5.92 Å². The normalized spacial score (nSPS) is 23.0. The van der Waals surface area contributed by atoms with E-state index in [0.29, 0.717) is 35.1 Å². The number of alkyl halides is 1. The Morgan fingerprint density at radius 1 is 1.24 bits per heavy atom. The summed E-state index contributed by atoms with van der Waals surface area (Å²) in [4.78, 5) is 19.8. The Kier molecular flexibility index (Phi) is 6.27. The van der Waals surface area contributed by atoms with Gasteiger partial charge in [0.1, 0.15) is 36.5 Å². The molecule has 2 aliphatic carbocycles. The summed E-state index contributed by atoms with van der Waals surface area (Å²) >= 11 is 6.44. The van der Waals surface area contributed by atoms with E-state index < -0.39 is 6.17 Å². The molecule has 0 amide bonds. The zero-order valence-corrected chi connectivity index (χ0v) is 18.8. The molecule has 2 aromatic rings. The molecule has 3 atom stereocenters. The number of nitrogens with zero attached hydrogens (tertiary/aromatic N) is 2. The molecule has 0 bridgehead atoms. The second-order valence-electron chi connectivity index (χ2n) is 8.05. The van der Waals surface area contributed by atoms with Crippen LogP contribution in [0.15, 0.2) is 86.8 Å². The number of ether oxygens (including phenoxy) is 1. The minimum Gasteiger partial charge on any atom is -0.487 e. The smallest absolute Gasteiger partial charge is 0.185 e. The average molecular weight is 478 g/mol. The molecule has 1 aliphatic heterocycles. The molecule has 1 N–H and O–H groups in total. The van der Waals surface area contributed by atoms with Crippen LogP contribution in [0.4, 0.5) is 10.1 Å². The monoisotopic (exact) mass is 477 g/mol. The summed E-state index contributed by atoms with van der Waals surface area (Å²) in [6, 6.07) is 8.68. The zero-order chi connectivity index (χ0) is 23.5. The van der Waals surface area contributed by atoms with Crippen molar-refractivity contribution in [2.24, 2.45) is 15.9 Å². The molecule has 1 aromatic heterocycles. The molecule has 1 aromatic carbocycles. The number of hydrogen-bond acceptors (Lipinski definition) is 6. The summed E-state index contributed by atoms with van der Waals surface area (Å²) in [6.07, 6.45) is 12.8. The Hall–Kier alpha value is -3.71. The number of fused-ring (bicyclic) bond motifs is 1. The number of benzene rings is 1. The summed E-state index contributed by atoms with van der Waals surface area (Å²) in [5.41, 5.74) is 2.38. The van der Waals surface area contributed by atoms with Crippen LogP contribution in [0.3, 0.4) is 0 Å². The number of allylic oxidation sites excluding steroid dienone is 4. The number of anilines is 1. The third kappa shape index (κ3) is 4.79. The van der Waals surface area contributed by atoms with Crippen molar-refractivity contribution in [1.29, 1.82) is 0 Å². The van der Waals surface area contributed by atoms with Crippen LogP contribution in [-0.2, 0) is 0 Å². The lowest BCUT2D eigenvalue weighted by Gasteiger charge is -2.27. The van der Waals surface area contributed by atoms with Crippen molar-refractivity contribution in [3.63, 3.8) is 0 Å². The lowest BCUT2D eigenvalue weighted by molar-refractivity contribution is 0.110. The highest BCUT2D eigenvalue weighted by molar-refractivity contribution is 6.32. The first-order chi connectivity index (χ1) is 16.6. The molecule has 172 valence electrons. The molecular formula is C26H21ClFN3O3. The van der Waals surface area contributed by atoms with Crippen LogP contribution < -0.4 is 10.1 Å². The molecule has 0 spiro atoms. The van der Waals surface area contributed by atoms with Gasteiger partial charge in [0.2, 0.25) is 0 Å². The molecule has 8 heteroatoms. The highest BCUT2D eigenvalue weighted by Gasteiger charge is 2.28. The Balaban J connectivity index is 1.29. The molecule has 3 aliphatic rings. The minimum absolute atomic E-state index is 0.0986. The maximum atomic E-state index is 13.5. The van der Waals surface area contributed by atoms with Gasteiger partial charge >= 0.3 is 0 Å². The summed E-state index contributed by atoms with van der Waals surface area (Å²) < 4.78 is 24.8. The van der Waals surface area contributed by atoms with E-state index in [2.05, 4.69) is 15.3 Å². The predicted octanol–water partition coefficient (Wildman–Crippen LogP) is 5.84. The lowest BCUT2D eigenvalue weighted by atomic mass is 9.89. The molecule has 5 rings (SSSR count). The third-order valence-corrected chi connectivity index (χ3v) is 5.96. The van der Waals surface area contributed by atoms with Crippen LogP contribution in [0.1, 0.15) is 22.7 Å². The first-order valence-electron chi connectivity index (χ1n) is 10.8. The summed E-state index contributed by atoms with van der Waals surface area (Å²) in [7, 11) is 0. The van der Waals surface area contributed by atoms with Crippen molar-refractivity contribution in [1.82, 2.24) is 0 Å². The average Bonchev–Trinajstić information content (AvgIpc) is 3.33. The van der Waals surface area contributed by atoms with Gasteiger partial charge < -0.3 is 14.5 Å². The summed E-state index contributed by atoms with van der Waals surface area (Å²) in [6.45, 7) is 0.245. The van der Waals surface area contributed by atoms with Crippen molar-refractivity contribution >= 4 is 41.3 Å². The number of aldehydes is 1. The Bertz CT molecular complexity index is 1290. The van der Waals surface area contributed by atoms with E-state index in [0.717, 1.165) is 16.8 Å². The van der Waals surface area contributed by atoms with E-state index in [-0.39, 0.29) is 24.3 Å². The highest BCUT2D eigenvalue weighted by Crippen LogP contribution is 2.32. The molecule has 34 heavy (non-hydrogen) atoms. The molecule has 6 nitrogen and oxygen atoms in total. The van der Waals surface area contributed by atoms with Gasteiger partial charge in [-0.1, -0.05) is 42.0 Å². The summed E-state index contributed by atoms with van der Waals surface area (Å²) in [5.74, 6) is 1.97. The zero-order valence-electron chi connectivity index (χ0n) is 18.0. The van der Waals surface area contributed by atoms with E-state index in [4.69, 9.17) is 20.8 Å². The summed E-state index contributed by atoms with van der Waals surface area (Å²) in [5, 5.41) is 3.76. The van der Waals surface area contributed by atoms with Crippen molar-refractivity contribution in [2.45, 2.75) is 18.6 Å².